The first-order valence-electron chi connectivity index (χ1n) is 6.95. The van der Waals surface area contributed by atoms with Gasteiger partial charge >= 0.3 is 0 Å². The van der Waals surface area contributed by atoms with E-state index >= 15 is 0 Å². The van der Waals surface area contributed by atoms with Crippen LogP contribution in [-0.2, 0) is 9.59 Å². The summed E-state index contributed by atoms with van der Waals surface area (Å²) in [5.74, 6) is 0.0951. The highest BCUT2D eigenvalue weighted by Gasteiger charge is 2.46. The van der Waals surface area contributed by atoms with Crippen molar-refractivity contribution in [2.75, 3.05) is 6.54 Å². The number of hydrogen-bond acceptors (Lipinski definition) is 2. The maximum atomic E-state index is 12.6. The third kappa shape index (κ3) is 3.17. The lowest BCUT2D eigenvalue weighted by molar-refractivity contribution is -0.154. The van der Waals surface area contributed by atoms with Crippen LogP contribution < -0.4 is 5.32 Å². The van der Waals surface area contributed by atoms with E-state index in [0.717, 1.165) is 6.42 Å². The maximum Gasteiger partial charge on any atom is 0.246 e. The van der Waals surface area contributed by atoms with Crippen LogP contribution >= 0.6 is 0 Å². The molecule has 0 spiro atoms. The Morgan fingerprint density at radius 2 is 2.00 bits per heavy atom. The van der Waals surface area contributed by atoms with Gasteiger partial charge in [-0.3, -0.25) is 9.59 Å². The summed E-state index contributed by atoms with van der Waals surface area (Å²) in [6, 6.07) is -0.839. The largest absolute Gasteiger partial charge is 0.342 e. The molecule has 0 aromatic rings. The SMILES string of the molecule is C=CCN1C(=O)C(C(C)CC)NC(=O)C1C(C)(C)C. The second-order valence-electron chi connectivity index (χ2n) is 6.42. The lowest BCUT2D eigenvalue weighted by Crippen LogP contribution is -2.67. The van der Waals surface area contributed by atoms with Crippen molar-refractivity contribution < 1.29 is 9.59 Å². The van der Waals surface area contributed by atoms with Crippen molar-refractivity contribution in [3.8, 4) is 0 Å². The molecule has 1 rings (SSSR count). The van der Waals surface area contributed by atoms with Crippen LogP contribution in [0.15, 0.2) is 12.7 Å². The number of piperazine rings is 1. The van der Waals surface area contributed by atoms with Gasteiger partial charge in [-0.1, -0.05) is 47.1 Å². The topological polar surface area (TPSA) is 49.4 Å². The Balaban J connectivity index is 3.10. The molecule has 19 heavy (non-hydrogen) atoms. The smallest absolute Gasteiger partial charge is 0.246 e. The zero-order chi connectivity index (χ0) is 14.8. The molecular formula is C15H26N2O2. The fraction of sp³-hybridized carbons (Fsp3) is 0.733. The van der Waals surface area contributed by atoms with Crippen molar-refractivity contribution in [2.24, 2.45) is 11.3 Å². The van der Waals surface area contributed by atoms with E-state index in [1.165, 1.54) is 0 Å². The van der Waals surface area contributed by atoms with E-state index in [-0.39, 0.29) is 23.1 Å². The normalized spacial score (nSPS) is 26.1. The van der Waals surface area contributed by atoms with E-state index in [1.807, 2.05) is 34.6 Å². The molecule has 3 unspecified atom stereocenters. The van der Waals surface area contributed by atoms with Crippen LogP contribution in [0.1, 0.15) is 41.0 Å². The highest BCUT2D eigenvalue weighted by molar-refractivity contribution is 5.97. The molecule has 0 saturated carbocycles. The standard InChI is InChI=1S/C15H26N2O2/c1-7-9-17-12(15(4,5)6)13(18)16-11(14(17)19)10(3)8-2/h7,10-12H,1,8-9H2,2-6H3,(H,16,18). The molecule has 0 aliphatic carbocycles. The monoisotopic (exact) mass is 266 g/mol. The zero-order valence-corrected chi connectivity index (χ0v) is 12.7. The molecule has 108 valence electrons. The first-order chi connectivity index (χ1) is 8.73. The molecule has 0 radical (unpaired) electrons. The van der Waals surface area contributed by atoms with E-state index in [1.54, 1.807) is 11.0 Å². The second kappa shape index (κ2) is 5.76. The average molecular weight is 266 g/mol. The van der Waals surface area contributed by atoms with Crippen molar-refractivity contribution in [3.05, 3.63) is 12.7 Å². The van der Waals surface area contributed by atoms with Crippen LogP contribution in [0.3, 0.4) is 0 Å². The minimum Gasteiger partial charge on any atom is -0.342 e. The summed E-state index contributed by atoms with van der Waals surface area (Å²) < 4.78 is 0. The van der Waals surface area contributed by atoms with E-state index in [2.05, 4.69) is 11.9 Å². The second-order valence-corrected chi connectivity index (χ2v) is 6.42. The lowest BCUT2D eigenvalue weighted by atomic mass is 9.81. The average Bonchev–Trinajstić information content (AvgIpc) is 2.31. The molecule has 0 bridgehead atoms. The number of nitrogens with zero attached hydrogens (tertiary/aromatic N) is 1. The molecule has 4 heteroatoms. The molecule has 1 aliphatic rings. The van der Waals surface area contributed by atoms with Crippen molar-refractivity contribution in [2.45, 2.75) is 53.1 Å². The molecule has 2 amide bonds. The molecule has 4 nitrogen and oxygen atoms in total. The first kappa shape index (κ1) is 15.7. The lowest BCUT2D eigenvalue weighted by Gasteiger charge is -2.45. The van der Waals surface area contributed by atoms with Crippen LogP contribution in [0, 0.1) is 11.3 Å². The minimum absolute atomic E-state index is 0.00813. The van der Waals surface area contributed by atoms with Crippen molar-refractivity contribution >= 4 is 11.8 Å². The predicted octanol–water partition coefficient (Wildman–Crippen LogP) is 1.96. The fourth-order valence-electron chi connectivity index (χ4n) is 2.56. The summed E-state index contributed by atoms with van der Waals surface area (Å²) in [5, 5.41) is 2.90. The van der Waals surface area contributed by atoms with Gasteiger partial charge in [-0.05, 0) is 11.3 Å². The molecule has 0 aromatic heterocycles. The van der Waals surface area contributed by atoms with Gasteiger partial charge in [-0.25, -0.2) is 0 Å². The number of amides is 2. The third-order valence-electron chi connectivity index (χ3n) is 3.77. The Morgan fingerprint density at radius 1 is 1.42 bits per heavy atom. The van der Waals surface area contributed by atoms with Gasteiger partial charge in [0.1, 0.15) is 12.1 Å². The highest BCUT2D eigenvalue weighted by Crippen LogP contribution is 2.29. The van der Waals surface area contributed by atoms with E-state index in [4.69, 9.17) is 0 Å². The summed E-state index contributed by atoms with van der Waals surface area (Å²) in [7, 11) is 0. The number of rotatable bonds is 4. The van der Waals surface area contributed by atoms with Gasteiger partial charge < -0.3 is 10.2 Å². The Morgan fingerprint density at radius 3 is 2.42 bits per heavy atom. The predicted molar refractivity (Wildman–Crippen MR) is 76.5 cm³/mol. The van der Waals surface area contributed by atoms with Gasteiger partial charge in [0.2, 0.25) is 11.8 Å². The summed E-state index contributed by atoms with van der Waals surface area (Å²) >= 11 is 0. The van der Waals surface area contributed by atoms with Crippen molar-refractivity contribution in [1.29, 1.82) is 0 Å². The Kier molecular flexibility index (Phi) is 4.77. The van der Waals surface area contributed by atoms with Gasteiger partial charge in [0.05, 0.1) is 0 Å². The number of nitrogens with one attached hydrogen (secondary N) is 1. The summed E-state index contributed by atoms with van der Waals surface area (Å²) in [6.45, 7) is 14.1. The van der Waals surface area contributed by atoms with Gasteiger partial charge in [0.15, 0.2) is 0 Å². The molecular weight excluding hydrogens is 240 g/mol. The molecule has 0 aromatic carbocycles. The number of carbonyl (C=O) groups is 2. The molecule has 1 fully saturated rings. The third-order valence-corrected chi connectivity index (χ3v) is 3.77. The summed E-state index contributed by atoms with van der Waals surface area (Å²) in [5.41, 5.74) is -0.289. The van der Waals surface area contributed by atoms with E-state index in [9.17, 15) is 9.59 Å². The van der Waals surface area contributed by atoms with E-state index in [0.29, 0.717) is 6.54 Å². The van der Waals surface area contributed by atoms with E-state index < -0.39 is 12.1 Å². The molecule has 1 N–H and O–H groups in total. The minimum atomic E-state index is -0.432. The quantitative estimate of drug-likeness (QED) is 0.791. The van der Waals surface area contributed by atoms with Gasteiger partial charge in [0.25, 0.3) is 0 Å². The van der Waals surface area contributed by atoms with Crippen molar-refractivity contribution in [3.63, 3.8) is 0 Å². The maximum absolute atomic E-state index is 12.6. The first-order valence-corrected chi connectivity index (χ1v) is 6.95. The van der Waals surface area contributed by atoms with Crippen LogP contribution in [-0.4, -0.2) is 35.3 Å². The molecule has 1 saturated heterocycles. The van der Waals surface area contributed by atoms with Gasteiger partial charge in [-0.15, -0.1) is 6.58 Å². The molecule has 3 atom stereocenters. The van der Waals surface area contributed by atoms with Gasteiger partial charge in [0, 0.05) is 6.54 Å². The van der Waals surface area contributed by atoms with Crippen LogP contribution in [0.5, 0.6) is 0 Å². The van der Waals surface area contributed by atoms with Crippen LogP contribution in [0.25, 0.3) is 0 Å². The number of carbonyl (C=O) groups excluding carboxylic acids is 2. The zero-order valence-electron chi connectivity index (χ0n) is 12.7. The van der Waals surface area contributed by atoms with Crippen LogP contribution in [0.4, 0.5) is 0 Å². The van der Waals surface area contributed by atoms with Crippen LogP contribution in [0.2, 0.25) is 0 Å². The van der Waals surface area contributed by atoms with Crippen molar-refractivity contribution in [1.82, 2.24) is 10.2 Å². The molecule has 1 aliphatic heterocycles. The number of hydrogen-bond donors (Lipinski definition) is 1. The Labute approximate surface area is 116 Å². The van der Waals surface area contributed by atoms with Gasteiger partial charge in [-0.2, -0.15) is 0 Å². The summed E-state index contributed by atoms with van der Waals surface area (Å²) in [4.78, 5) is 26.6. The fourth-order valence-corrected chi connectivity index (χ4v) is 2.56. The highest BCUT2D eigenvalue weighted by atomic mass is 16.2. The molecule has 1 heterocycles. The Hall–Kier alpha value is -1.32. The Bertz CT molecular complexity index is 371. The summed E-state index contributed by atoms with van der Waals surface area (Å²) in [6.07, 6.45) is 2.54.